The number of nitrogens with zero attached hydrogens (tertiary/aromatic N) is 2. The normalized spacial score (nSPS) is 20.5. The molecule has 32 heavy (non-hydrogen) atoms. The molecule has 0 aromatic heterocycles. The van der Waals surface area contributed by atoms with Crippen LogP contribution in [0.2, 0.25) is 0 Å². The van der Waals surface area contributed by atoms with Crippen molar-refractivity contribution in [1.82, 2.24) is 4.31 Å². The summed E-state index contributed by atoms with van der Waals surface area (Å²) >= 11 is 0. The fourth-order valence-electron chi connectivity index (χ4n) is 4.12. The van der Waals surface area contributed by atoms with E-state index < -0.39 is 21.8 Å². The highest BCUT2D eigenvalue weighted by Gasteiger charge is 2.36. The van der Waals surface area contributed by atoms with Crippen LogP contribution in [0.1, 0.15) is 26.2 Å². The van der Waals surface area contributed by atoms with Gasteiger partial charge < -0.3 is 10.2 Å². The molecule has 9 heteroatoms. The van der Waals surface area contributed by atoms with Gasteiger partial charge in [0.25, 0.3) is 0 Å². The Bertz CT molecular complexity index is 1110. The number of carbonyl (C=O) groups excluding carboxylic acids is 2. The Labute approximate surface area is 187 Å². The summed E-state index contributed by atoms with van der Waals surface area (Å²) in [7, 11) is -3.56. The molecule has 2 aromatic rings. The van der Waals surface area contributed by atoms with Crippen molar-refractivity contribution in [3.63, 3.8) is 0 Å². The zero-order valence-electron chi connectivity index (χ0n) is 17.8. The van der Waals surface area contributed by atoms with Gasteiger partial charge in [0.05, 0.1) is 16.5 Å². The van der Waals surface area contributed by atoms with Crippen molar-refractivity contribution in [2.24, 2.45) is 11.8 Å². The average molecular weight is 460 g/mol. The first-order chi connectivity index (χ1) is 15.3. The highest BCUT2D eigenvalue weighted by atomic mass is 32.2. The van der Waals surface area contributed by atoms with Crippen molar-refractivity contribution in [2.45, 2.75) is 31.1 Å². The maximum Gasteiger partial charge on any atom is 0.243 e. The minimum atomic E-state index is -3.56. The smallest absolute Gasteiger partial charge is 0.243 e. The van der Waals surface area contributed by atoms with E-state index in [9.17, 15) is 22.4 Å². The van der Waals surface area contributed by atoms with Crippen molar-refractivity contribution >= 4 is 33.2 Å². The number of hydrogen-bond donors (Lipinski definition) is 1. The molecular weight excluding hydrogens is 433 g/mol. The summed E-state index contributed by atoms with van der Waals surface area (Å²) in [6.07, 6.45) is 1.68. The van der Waals surface area contributed by atoms with Gasteiger partial charge in [-0.1, -0.05) is 19.1 Å². The molecule has 170 valence electrons. The molecule has 2 heterocycles. The van der Waals surface area contributed by atoms with Gasteiger partial charge in [-0.05, 0) is 55.2 Å². The quantitative estimate of drug-likeness (QED) is 0.744. The lowest BCUT2D eigenvalue weighted by Gasteiger charge is -2.29. The number of benzene rings is 2. The predicted molar refractivity (Wildman–Crippen MR) is 119 cm³/mol. The summed E-state index contributed by atoms with van der Waals surface area (Å²) in [5, 5.41) is 2.74. The van der Waals surface area contributed by atoms with Crippen LogP contribution in [0.3, 0.4) is 0 Å². The van der Waals surface area contributed by atoms with Gasteiger partial charge in [0.2, 0.25) is 21.8 Å². The van der Waals surface area contributed by atoms with Gasteiger partial charge in [0, 0.05) is 31.7 Å². The van der Waals surface area contributed by atoms with E-state index >= 15 is 0 Å². The lowest BCUT2D eigenvalue weighted by molar-refractivity contribution is -0.122. The summed E-state index contributed by atoms with van der Waals surface area (Å²) in [6.45, 7) is 3.23. The first-order valence-electron chi connectivity index (χ1n) is 10.7. The second kappa shape index (κ2) is 8.99. The van der Waals surface area contributed by atoms with Crippen molar-refractivity contribution < 1.29 is 22.4 Å². The molecule has 0 spiro atoms. The van der Waals surface area contributed by atoms with E-state index in [1.165, 1.54) is 33.5 Å². The average Bonchev–Trinajstić information content (AvgIpc) is 3.16. The number of nitrogens with one attached hydrogen (secondary N) is 1. The Morgan fingerprint density at radius 3 is 2.38 bits per heavy atom. The van der Waals surface area contributed by atoms with Crippen LogP contribution >= 0.6 is 0 Å². The second-order valence-electron chi connectivity index (χ2n) is 8.46. The van der Waals surface area contributed by atoms with Crippen LogP contribution in [0.5, 0.6) is 0 Å². The van der Waals surface area contributed by atoms with Gasteiger partial charge in [-0.15, -0.1) is 0 Å². The van der Waals surface area contributed by atoms with Crippen LogP contribution in [0.4, 0.5) is 15.8 Å². The molecule has 2 amide bonds. The third-order valence-corrected chi connectivity index (χ3v) is 8.05. The SMILES string of the molecule is CC1CCN(S(=O)(=O)c2ccc(NC(=O)C3CC(=O)N(c4ccccc4F)C3)cc2)CC1. The highest BCUT2D eigenvalue weighted by Crippen LogP contribution is 2.28. The number of rotatable bonds is 5. The van der Waals surface area contributed by atoms with Crippen molar-refractivity contribution in [3.8, 4) is 0 Å². The van der Waals surface area contributed by atoms with Gasteiger partial charge in [0.15, 0.2) is 0 Å². The monoisotopic (exact) mass is 459 g/mol. The molecule has 0 bridgehead atoms. The molecule has 0 saturated carbocycles. The summed E-state index contributed by atoms with van der Waals surface area (Å²) in [5.41, 5.74) is 0.604. The van der Waals surface area contributed by atoms with E-state index in [2.05, 4.69) is 12.2 Å². The maximum atomic E-state index is 14.0. The number of hydrogen-bond acceptors (Lipinski definition) is 4. The molecule has 4 rings (SSSR count). The number of para-hydroxylation sites is 1. The molecule has 2 saturated heterocycles. The summed E-state index contributed by atoms with van der Waals surface area (Å²) in [6, 6.07) is 12.0. The van der Waals surface area contributed by atoms with E-state index in [0.717, 1.165) is 12.8 Å². The van der Waals surface area contributed by atoms with E-state index in [-0.39, 0.29) is 35.4 Å². The third-order valence-electron chi connectivity index (χ3n) is 6.14. The van der Waals surface area contributed by atoms with Crippen molar-refractivity contribution in [1.29, 1.82) is 0 Å². The van der Waals surface area contributed by atoms with Crippen LogP contribution in [0.15, 0.2) is 53.4 Å². The number of halogens is 1. The molecule has 0 aliphatic carbocycles. The summed E-state index contributed by atoms with van der Waals surface area (Å²) in [5.74, 6) is -1.29. The zero-order valence-corrected chi connectivity index (χ0v) is 18.6. The Balaban J connectivity index is 1.40. The first-order valence-corrected chi connectivity index (χ1v) is 12.2. The molecule has 1 atom stereocenters. The second-order valence-corrected chi connectivity index (χ2v) is 10.4. The number of carbonyl (C=O) groups is 2. The van der Waals surface area contributed by atoms with Gasteiger partial charge in [-0.3, -0.25) is 9.59 Å². The Morgan fingerprint density at radius 2 is 1.72 bits per heavy atom. The molecule has 2 aliphatic rings. The Morgan fingerprint density at radius 1 is 1.06 bits per heavy atom. The number of amides is 2. The van der Waals surface area contributed by atoms with Crippen LogP contribution in [0.25, 0.3) is 0 Å². The van der Waals surface area contributed by atoms with E-state index in [1.54, 1.807) is 24.3 Å². The van der Waals surface area contributed by atoms with Crippen LogP contribution < -0.4 is 10.2 Å². The molecule has 0 radical (unpaired) electrons. The third kappa shape index (κ3) is 4.54. The number of anilines is 2. The van der Waals surface area contributed by atoms with E-state index in [0.29, 0.717) is 24.7 Å². The molecule has 2 fully saturated rings. The number of piperidine rings is 1. The molecule has 7 nitrogen and oxygen atoms in total. The molecule has 2 aliphatic heterocycles. The Hall–Kier alpha value is -2.78. The van der Waals surface area contributed by atoms with Crippen LogP contribution in [-0.4, -0.2) is 44.2 Å². The number of sulfonamides is 1. The van der Waals surface area contributed by atoms with E-state index in [4.69, 9.17) is 0 Å². The zero-order chi connectivity index (χ0) is 22.9. The lowest BCUT2D eigenvalue weighted by Crippen LogP contribution is -2.37. The fraction of sp³-hybridized carbons (Fsp3) is 0.391. The fourth-order valence-corrected chi connectivity index (χ4v) is 5.59. The largest absolute Gasteiger partial charge is 0.326 e. The van der Waals surface area contributed by atoms with Gasteiger partial charge in [0.1, 0.15) is 5.82 Å². The summed E-state index contributed by atoms with van der Waals surface area (Å²) < 4.78 is 41.2. The highest BCUT2D eigenvalue weighted by molar-refractivity contribution is 7.89. The molecular formula is C23H26FN3O4S. The molecule has 1 unspecified atom stereocenters. The van der Waals surface area contributed by atoms with E-state index in [1.807, 2.05) is 0 Å². The van der Waals surface area contributed by atoms with Crippen LogP contribution in [0, 0.1) is 17.7 Å². The maximum absolute atomic E-state index is 14.0. The Kier molecular flexibility index (Phi) is 6.30. The lowest BCUT2D eigenvalue weighted by atomic mass is 10.0. The van der Waals surface area contributed by atoms with Crippen molar-refractivity contribution in [2.75, 3.05) is 29.9 Å². The van der Waals surface area contributed by atoms with Crippen molar-refractivity contribution in [3.05, 3.63) is 54.3 Å². The minimum Gasteiger partial charge on any atom is -0.326 e. The minimum absolute atomic E-state index is 0.0139. The predicted octanol–water partition coefficient (Wildman–Crippen LogP) is 3.24. The van der Waals surface area contributed by atoms with Crippen LogP contribution in [-0.2, 0) is 19.6 Å². The van der Waals surface area contributed by atoms with Gasteiger partial charge in [-0.25, -0.2) is 12.8 Å². The topological polar surface area (TPSA) is 86.8 Å². The van der Waals surface area contributed by atoms with Gasteiger partial charge in [-0.2, -0.15) is 4.31 Å². The summed E-state index contributed by atoms with van der Waals surface area (Å²) in [4.78, 5) is 26.5. The first kappa shape index (κ1) is 22.4. The standard InChI is InChI=1S/C23H26FN3O4S/c1-16-10-12-26(13-11-16)32(30,31)19-8-6-18(7-9-19)25-23(29)17-14-22(28)27(15-17)21-5-3-2-4-20(21)24/h2-9,16-17H,10-15H2,1H3,(H,25,29). The molecule has 1 N–H and O–H groups in total. The molecule has 2 aromatic carbocycles. The van der Waals surface area contributed by atoms with Gasteiger partial charge >= 0.3 is 0 Å².